The molecule has 2 aliphatic carbocycles. The number of hydrogen-bond donors (Lipinski definition) is 2. The number of hydrogen-bond acceptors (Lipinski definition) is 5. The van der Waals surface area contributed by atoms with Crippen LogP contribution in [0.2, 0.25) is 0 Å². The van der Waals surface area contributed by atoms with E-state index in [0.29, 0.717) is 30.7 Å². The van der Waals surface area contributed by atoms with Crippen molar-refractivity contribution < 1.29 is 22.2 Å². The molecule has 1 aromatic rings. The minimum atomic E-state index is -4.09. The maximum Gasteiger partial charge on any atom is 0.299 e. The number of anilines is 2. The smallest absolute Gasteiger partial charge is 0.299 e. The summed E-state index contributed by atoms with van der Waals surface area (Å²) in [6.07, 6.45) is 6.06. The number of carbonyl (C=O) groups is 2. The van der Waals surface area contributed by atoms with Gasteiger partial charge in [-0.15, -0.1) is 0 Å². The number of fused-ring (bicyclic) bond motifs is 2. The van der Waals surface area contributed by atoms with E-state index in [2.05, 4.69) is 16.7 Å². The van der Waals surface area contributed by atoms with Gasteiger partial charge in [0, 0.05) is 5.92 Å². The van der Waals surface area contributed by atoms with E-state index in [0.717, 1.165) is 6.42 Å². The second kappa shape index (κ2) is 6.37. The highest BCUT2D eigenvalue weighted by atomic mass is 32.2. The number of allylic oxidation sites excluding steroid dienone is 1. The zero-order valence-electron chi connectivity index (χ0n) is 13.1. The normalized spacial score (nSPS) is 24.8. The Morgan fingerprint density at radius 3 is 2.38 bits per heavy atom. The highest BCUT2D eigenvalue weighted by Gasteiger charge is 2.40. The minimum Gasteiger partial charge on any atom is -0.327 e. The molecule has 8 heteroatoms. The van der Waals surface area contributed by atoms with Crippen molar-refractivity contribution in [3.63, 3.8) is 0 Å². The van der Waals surface area contributed by atoms with Crippen LogP contribution < -0.4 is 10.6 Å². The van der Waals surface area contributed by atoms with Gasteiger partial charge in [-0.1, -0.05) is 18.2 Å². The molecule has 0 spiro atoms. The monoisotopic (exact) mass is 350 g/mol. The molecule has 1 aromatic carbocycles. The summed E-state index contributed by atoms with van der Waals surface area (Å²) < 4.78 is 30.8. The number of aryl methyl sites for hydroxylation is 1. The third-order valence-corrected chi connectivity index (χ3v) is 5.90. The molecule has 0 aliphatic heterocycles. The molecular formula is C16H18N2O5S. The first kappa shape index (κ1) is 16.7. The van der Waals surface area contributed by atoms with Gasteiger partial charge in [0.2, 0.25) is 12.8 Å². The zero-order chi connectivity index (χ0) is 17.3. The van der Waals surface area contributed by atoms with Gasteiger partial charge in [-0.2, -0.15) is 8.42 Å². The lowest BCUT2D eigenvalue weighted by Crippen LogP contribution is -2.23. The largest absolute Gasteiger partial charge is 0.327 e. The van der Waals surface area contributed by atoms with Gasteiger partial charge in [-0.05, 0) is 37.3 Å². The summed E-state index contributed by atoms with van der Waals surface area (Å²) in [5, 5.41) is 4.79. The fraction of sp³-hybridized carbons (Fsp3) is 0.375. The summed E-state index contributed by atoms with van der Waals surface area (Å²) in [7, 11) is -4.09. The third kappa shape index (κ3) is 2.94. The first-order valence-electron chi connectivity index (χ1n) is 7.62. The van der Waals surface area contributed by atoms with Crippen molar-refractivity contribution in [2.24, 2.45) is 11.8 Å². The quantitative estimate of drug-likeness (QED) is 0.443. The Bertz CT molecular complexity index is 803. The van der Waals surface area contributed by atoms with E-state index in [4.69, 9.17) is 4.18 Å². The Morgan fingerprint density at radius 2 is 1.79 bits per heavy atom. The molecule has 0 saturated heterocycles. The molecule has 128 valence electrons. The summed E-state index contributed by atoms with van der Waals surface area (Å²) in [5.41, 5.74) is 0.860. The Kier molecular flexibility index (Phi) is 4.42. The van der Waals surface area contributed by atoms with E-state index in [-0.39, 0.29) is 22.2 Å². The van der Waals surface area contributed by atoms with Crippen LogP contribution >= 0.6 is 0 Å². The highest BCUT2D eigenvalue weighted by molar-refractivity contribution is 7.87. The van der Waals surface area contributed by atoms with E-state index in [1.165, 1.54) is 6.07 Å². The van der Waals surface area contributed by atoms with Gasteiger partial charge in [0.15, 0.2) is 0 Å². The van der Waals surface area contributed by atoms with Gasteiger partial charge >= 0.3 is 0 Å². The molecule has 0 radical (unpaired) electrons. The van der Waals surface area contributed by atoms with Crippen LogP contribution in [0, 0.1) is 18.8 Å². The first-order valence-corrected chi connectivity index (χ1v) is 9.02. The van der Waals surface area contributed by atoms with Crippen LogP contribution in [-0.4, -0.2) is 27.3 Å². The van der Waals surface area contributed by atoms with E-state index < -0.39 is 16.2 Å². The van der Waals surface area contributed by atoms with E-state index in [1.54, 1.807) is 13.0 Å². The van der Waals surface area contributed by atoms with Crippen LogP contribution in [-0.2, 0) is 23.9 Å². The van der Waals surface area contributed by atoms with Crippen molar-refractivity contribution in [2.45, 2.75) is 30.8 Å². The minimum absolute atomic E-state index is 0.01000. The zero-order valence-corrected chi connectivity index (χ0v) is 13.9. The topological polar surface area (TPSA) is 102 Å². The van der Waals surface area contributed by atoms with Gasteiger partial charge in [-0.3, -0.25) is 13.8 Å². The Labute approximate surface area is 140 Å². The van der Waals surface area contributed by atoms with Crippen LogP contribution in [0.5, 0.6) is 0 Å². The van der Waals surface area contributed by atoms with Crippen LogP contribution in [0.15, 0.2) is 29.2 Å². The van der Waals surface area contributed by atoms with Gasteiger partial charge in [0.1, 0.15) is 4.90 Å². The summed E-state index contributed by atoms with van der Waals surface area (Å²) in [6, 6.07) is 2.92. The Morgan fingerprint density at radius 1 is 1.08 bits per heavy atom. The SMILES string of the molecule is Cc1ccc(S(=O)(=O)OC2CC3C=CC2C3)c(NC=O)c1NC=O. The summed E-state index contributed by atoms with van der Waals surface area (Å²) >= 11 is 0. The molecule has 3 rings (SSSR count). The van der Waals surface area contributed by atoms with Gasteiger partial charge in [-0.25, -0.2) is 0 Å². The maximum atomic E-state index is 12.7. The summed E-state index contributed by atoms with van der Waals surface area (Å²) in [4.78, 5) is 21.5. The number of carbonyl (C=O) groups excluding carboxylic acids is 2. The van der Waals surface area contributed by atoms with Crippen molar-refractivity contribution in [3.8, 4) is 0 Å². The average molecular weight is 350 g/mol. The number of benzene rings is 1. The van der Waals surface area contributed by atoms with Crippen LogP contribution in [0.3, 0.4) is 0 Å². The molecule has 1 saturated carbocycles. The van der Waals surface area contributed by atoms with Crippen LogP contribution in [0.4, 0.5) is 11.4 Å². The highest BCUT2D eigenvalue weighted by Crippen LogP contribution is 2.43. The number of rotatable bonds is 7. The van der Waals surface area contributed by atoms with Gasteiger partial charge in [0.25, 0.3) is 10.1 Å². The summed E-state index contributed by atoms with van der Waals surface area (Å²) in [6.45, 7) is 1.69. The molecule has 7 nitrogen and oxygen atoms in total. The van der Waals surface area contributed by atoms with Crippen LogP contribution in [0.25, 0.3) is 0 Å². The van der Waals surface area contributed by atoms with Crippen LogP contribution in [0.1, 0.15) is 18.4 Å². The Balaban J connectivity index is 1.97. The molecule has 2 bridgehead atoms. The third-order valence-electron chi connectivity index (χ3n) is 4.52. The lowest BCUT2D eigenvalue weighted by atomic mass is 10.1. The van der Waals surface area contributed by atoms with Crippen molar-refractivity contribution in [1.29, 1.82) is 0 Å². The number of nitrogens with one attached hydrogen (secondary N) is 2. The fourth-order valence-corrected chi connectivity index (χ4v) is 4.69. The molecule has 3 atom stereocenters. The standard InChI is InChI=1S/C16H18N2O5S/c1-10-2-5-14(16(18-9-20)15(10)17-8-19)24(21,22)23-13-7-11-3-4-12(13)6-11/h2-5,8-9,11-13H,6-7H2,1H3,(H,17,19)(H,18,20). The lowest BCUT2D eigenvalue weighted by Gasteiger charge is -2.20. The molecule has 0 aromatic heterocycles. The Hall–Kier alpha value is -2.19. The van der Waals surface area contributed by atoms with E-state index in [1.807, 2.05) is 6.08 Å². The maximum absolute atomic E-state index is 12.7. The molecule has 3 unspecified atom stereocenters. The molecule has 0 heterocycles. The molecule has 2 N–H and O–H groups in total. The van der Waals surface area contributed by atoms with Crippen molar-refractivity contribution in [1.82, 2.24) is 0 Å². The number of amides is 2. The average Bonchev–Trinajstić information content (AvgIpc) is 3.13. The van der Waals surface area contributed by atoms with Crippen molar-refractivity contribution >= 4 is 34.3 Å². The molecule has 1 fully saturated rings. The van der Waals surface area contributed by atoms with Crippen molar-refractivity contribution in [2.75, 3.05) is 10.6 Å². The molecule has 2 amide bonds. The van der Waals surface area contributed by atoms with E-state index in [9.17, 15) is 18.0 Å². The lowest BCUT2D eigenvalue weighted by molar-refractivity contribution is -0.106. The second-order valence-corrected chi connectivity index (χ2v) is 7.56. The predicted octanol–water partition coefficient (Wildman–Crippen LogP) is 1.80. The molecular weight excluding hydrogens is 332 g/mol. The molecule has 24 heavy (non-hydrogen) atoms. The second-order valence-electron chi connectivity index (χ2n) is 6.02. The summed E-state index contributed by atoms with van der Waals surface area (Å²) in [5.74, 6) is 0.471. The van der Waals surface area contributed by atoms with E-state index >= 15 is 0 Å². The van der Waals surface area contributed by atoms with Crippen molar-refractivity contribution in [3.05, 3.63) is 29.8 Å². The molecule has 2 aliphatic rings. The predicted molar refractivity (Wildman–Crippen MR) is 88.0 cm³/mol. The first-order chi connectivity index (χ1) is 11.5. The van der Waals surface area contributed by atoms with Gasteiger partial charge < -0.3 is 10.6 Å². The fourth-order valence-electron chi connectivity index (χ4n) is 3.40. The van der Waals surface area contributed by atoms with Gasteiger partial charge in [0.05, 0.1) is 17.5 Å².